The van der Waals surface area contributed by atoms with E-state index in [4.69, 9.17) is 0 Å². The molecule has 148 valence electrons. The number of carbonyl (C=O) groups excluding carboxylic acids is 1. The molecule has 1 aliphatic rings. The van der Waals surface area contributed by atoms with Gasteiger partial charge in [-0.2, -0.15) is 4.98 Å². The van der Waals surface area contributed by atoms with E-state index in [9.17, 15) is 4.79 Å². The number of aromatic nitrogens is 5. The molecule has 0 unspecified atom stereocenters. The van der Waals surface area contributed by atoms with Gasteiger partial charge in [-0.25, -0.2) is 9.97 Å². The van der Waals surface area contributed by atoms with Crippen molar-refractivity contribution in [3.05, 3.63) is 43.1 Å². The minimum Gasteiger partial charge on any atom is -0.351 e. The van der Waals surface area contributed by atoms with Gasteiger partial charge in [-0.1, -0.05) is 6.92 Å². The van der Waals surface area contributed by atoms with Gasteiger partial charge in [-0.15, -0.1) is 0 Å². The summed E-state index contributed by atoms with van der Waals surface area (Å²) in [5.41, 5.74) is 3.53. The third-order valence-electron chi connectivity index (χ3n) is 5.78. The Morgan fingerprint density at radius 1 is 1.31 bits per heavy atom. The first-order valence-electron chi connectivity index (χ1n) is 9.68. The van der Waals surface area contributed by atoms with E-state index >= 15 is 0 Å². The van der Waals surface area contributed by atoms with Crippen molar-refractivity contribution in [1.82, 2.24) is 29.2 Å². The Morgan fingerprint density at radius 3 is 2.93 bits per heavy atom. The molecule has 1 saturated carbocycles. The fourth-order valence-corrected chi connectivity index (χ4v) is 4.32. The van der Waals surface area contributed by atoms with Crippen LogP contribution in [0.25, 0.3) is 27.8 Å². The molecule has 8 heteroatoms. The predicted octanol–water partition coefficient (Wildman–Crippen LogP) is 2.94. The lowest BCUT2D eigenvalue weighted by Gasteiger charge is -2.45. The molecule has 4 aromatic heterocycles. The van der Waals surface area contributed by atoms with Crippen LogP contribution in [0.5, 0.6) is 0 Å². The zero-order chi connectivity index (χ0) is 20.2. The molecule has 2 N–H and O–H groups in total. The molecular formula is C21H23N7O. The number of fused-ring (bicyclic) bond motifs is 2. The highest BCUT2D eigenvalue weighted by Gasteiger charge is 2.47. The second-order valence-corrected chi connectivity index (χ2v) is 8.28. The summed E-state index contributed by atoms with van der Waals surface area (Å²) in [5, 5.41) is 4.33. The van der Waals surface area contributed by atoms with E-state index in [1.807, 2.05) is 48.2 Å². The molecule has 1 fully saturated rings. The monoisotopic (exact) mass is 389 g/mol. The number of anilines is 1. The highest BCUT2D eigenvalue weighted by Crippen LogP contribution is 2.43. The largest absolute Gasteiger partial charge is 0.351 e. The Kier molecular flexibility index (Phi) is 3.84. The Bertz CT molecular complexity index is 1220. The van der Waals surface area contributed by atoms with Gasteiger partial charge in [0.1, 0.15) is 11.3 Å². The zero-order valence-electron chi connectivity index (χ0n) is 16.7. The summed E-state index contributed by atoms with van der Waals surface area (Å²) in [7, 11) is 3.61. The first kappa shape index (κ1) is 17.7. The van der Waals surface area contributed by atoms with Crippen molar-refractivity contribution in [2.45, 2.75) is 25.8 Å². The minimum atomic E-state index is -0.295. The van der Waals surface area contributed by atoms with Gasteiger partial charge in [-0.05, 0) is 25.0 Å². The van der Waals surface area contributed by atoms with Crippen molar-refractivity contribution < 1.29 is 4.79 Å². The molecule has 29 heavy (non-hydrogen) atoms. The van der Waals surface area contributed by atoms with Crippen molar-refractivity contribution in [2.75, 3.05) is 19.4 Å². The summed E-state index contributed by atoms with van der Waals surface area (Å²) in [5.74, 6) is 0.760. The van der Waals surface area contributed by atoms with Crippen LogP contribution in [0.1, 0.15) is 19.8 Å². The Hall–Kier alpha value is -3.42. The number of imidazole rings is 1. The van der Waals surface area contributed by atoms with Gasteiger partial charge < -0.3 is 19.6 Å². The average molecular weight is 389 g/mol. The standard InChI is InChI=1S/C21H23N7O/c1-21(19(29)27(2)3)8-14(9-21)25-20-24-11-16-15(10-23-18(16)26-20)13-4-5-17-22-6-7-28(17)12-13/h4-7,10-12,14H,8-9H2,1-3H3,(H2,23,24,25,26)/t14-,21-. The maximum absolute atomic E-state index is 12.3. The van der Waals surface area contributed by atoms with Crippen LogP contribution in [0.2, 0.25) is 0 Å². The Morgan fingerprint density at radius 2 is 2.14 bits per heavy atom. The molecule has 0 saturated heterocycles. The maximum atomic E-state index is 12.3. The molecule has 4 heterocycles. The predicted molar refractivity (Wildman–Crippen MR) is 112 cm³/mol. The van der Waals surface area contributed by atoms with Crippen molar-refractivity contribution in [1.29, 1.82) is 0 Å². The Balaban J connectivity index is 1.35. The first-order chi connectivity index (χ1) is 13.9. The van der Waals surface area contributed by atoms with Gasteiger partial charge in [-0.3, -0.25) is 4.79 Å². The second-order valence-electron chi connectivity index (χ2n) is 8.28. The number of hydrogen-bond donors (Lipinski definition) is 2. The van der Waals surface area contributed by atoms with Crippen molar-refractivity contribution in [3.63, 3.8) is 0 Å². The topological polar surface area (TPSA) is 91.2 Å². The normalized spacial score (nSPS) is 21.3. The van der Waals surface area contributed by atoms with Gasteiger partial charge in [0.25, 0.3) is 0 Å². The number of H-pyrrole nitrogens is 1. The highest BCUT2D eigenvalue weighted by atomic mass is 16.2. The van der Waals surface area contributed by atoms with Crippen LogP contribution in [0.3, 0.4) is 0 Å². The molecule has 0 atom stereocenters. The number of hydrogen-bond acceptors (Lipinski definition) is 5. The molecule has 0 bridgehead atoms. The molecule has 5 rings (SSSR count). The number of carbonyl (C=O) groups is 1. The molecule has 8 nitrogen and oxygen atoms in total. The van der Waals surface area contributed by atoms with E-state index in [-0.39, 0.29) is 17.4 Å². The molecule has 0 aliphatic heterocycles. The first-order valence-corrected chi connectivity index (χ1v) is 9.68. The third-order valence-corrected chi connectivity index (χ3v) is 5.78. The number of pyridine rings is 1. The van der Waals surface area contributed by atoms with Crippen LogP contribution in [-0.2, 0) is 4.79 Å². The van der Waals surface area contributed by atoms with Crippen LogP contribution in [0.4, 0.5) is 5.95 Å². The summed E-state index contributed by atoms with van der Waals surface area (Å²) in [6.07, 6.45) is 11.1. The molecular weight excluding hydrogens is 366 g/mol. The van der Waals surface area contributed by atoms with Gasteiger partial charge >= 0.3 is 0 Å². The lowest BCUT2D eigenvalue weighted by Crippen LogP contribution is -2.52. The van der Waals surface area contributed by atoms with Gasteiger partial charge in [0.15, 0.2) is 0 Å². The Labute approximate surface area is 168 Å². The summed E-state index contributed by atoms with van der Waals surface area (Å²) in [6, 6.07) is 4.25. The maximum Gasteiger partial charge on any atom is 0.228 e. The van der Waals surface area contributed by atoms with Crippen molar-refractivity contribution >= 4 is 28.5 Å². The van der Waals surface area contributed by atoms with E-state index in [1.54, 1.807) is 25.2 Å². The van der Waals surface area contributed by atoms with Crippen molar-refractivity contribution in [2.24, 2.45) is 5.41 Å². The lowest BCUT2D eigenvalue weighted by atomic mass is 9.66. The molecule has 0 radical (unpaired) electrons. The number of amides is 1. The number of nitrogens with zero attached hydrogens (tertiary/aromatic N) is 5. The minimum absolute atomic E-state index is 0.177. The van der Waals surface area contributed by atoms with Crippen LogP contribution in [-0.4, -0.2) is 55.3 Å². The molecule has 1 amide bonds. The fraction of sp³-hybridized carbons (Fsp3) is 0.333. The molecule has 0 spiro atoms. The molecule has 0 aromatic carbocycles. The quantitative estimate of drug-likeness (QED) is 0.560. The fourth-order valence-electron chi connectivity index (χ4n) is 4.32. The summed E-state index contributed by atoms with van der Waals surface area (Å²) in [4.78, 5) is 30.6. The number of rotatable bonds is 4. The third kappa shape index (κ3) is 2.91. The van der Waals surface area contributed by atoms with E-state index < -0.39 is 0 Å². The smallest absolute Gasteiger partial charge is 0.228 e. The van der Waals surface area contributed by atoms with E-state index in [2.05, 4.69) is 25.3 Å². The number of aromatic amines is 1. The van der Waals surface area contributed by atoms with Crippen LogP contribution >= 0.6 is 0 Å². The van der Waals surface area contributed by atoms with E-state index in [0.717, 1.165) is 40.6 Å². The van der Waals surface area contributed by atoms with Crippen LogP contribution < -0.4 is 5.32 Å². The lowest BCUT2D eigenvalue weighted by molar-refractivity contribution is -0.143. The van der Waals surface area contributed by atoms with E-state index in [0.29, 0.717) is 5.95 Å². The second kappa shape index (κ2) is 6.30. The number of nitrogens with one attached hydrogen (secondary N) is 2. The van der Waals surface area contributed by atoms with E-state index in [1.165, 1.54) is 0 Å². The SMILES string of the molecule is CN(C)C(=O)[C@]1(C)C[C@@H](Nc2ncc3c(-c4ccc5nccn5c4)c[nH]c3n2)C1. The van der Waals surface area contributed by atoms with Gasteiger partial charge in [0.05, 0.1) is 5.41 Å². The van der Waals surface area contributed by atoms with Crippen LogP contribution in [0, 0.1) is 5.41 Å². The van der Waals surface area contributed by atoms with Crippen molar-refractivity contribution in [3.8, 4) is 11.1 Å². The van der Waals surface area contributed by atoms with Gasteiger partial charge in [0.2, 0.25) is 11.9 Å². The van der Waals surface area contributed by atoms with Gasteiger partial charge in [0, 0.05) is 67.6 Å². The highest BCUT2D eigenvalue weighted by molar-refractivity contribution is 5.93. The zero-order valence-corrected chi connectivity index (χ0v) is 16.7. The summed E-state index contributed by atoms with van der Waals surface area (Å²) < 4.78 is 1.99. The summed E-state index contributed by atoms with van der Waals surface area (Å²) >= 11 is 0. The molecule has 1 aliphatic carbocycles. The molecule has 4 aromatic rings. The van der Waals surface area contributed by atoms with Crippen LogP contribution in [0.15, 0.2) is 43.1 Å². The summed E-state index contributed by atoms with van der Waals surface area (Å²) in [6.45, 7) is 2.02. The average Bonchev–Trinajstić information content (AvgIpc) is 3.31.